The molecular formula is C13H7BrCl3F. The lowest BCUT2D eigenvalue weighted by Gasteiger charge is -2.14. The van der Waals surface area contributed by atoms with Crippen molar-refractivity contribution in [2.24, 2.45) is 0 Å². The normalized spacial score (nSPS) is 12.5. The lowest BCUT2D eigenvalue weighted by molar-refractivity contribution is 0.625. The van der Waals surface area contributed by atoms with Crippen LogP contribution in [0.15, 0.2) is 40.9 Å². The molecule has 0 nitrogen and oxygen atoms in total. The zero-order valence-electron chi connectivity index (χ0n) is 8.93. The van der Waals surface area contributed by atoms with Crippen molar-refractivity contribution >= 4 is 50.7 Å². The number of hydrogen-bond acceptors (Lipinski definition) is 0. The van der Waals surface area contributed by atoms with E-state index in [9.17, 15) is 4.39 Å². The fourth-order valence-electron chi connectivity index (χ4n) is 1.58. The molecular weight excluding hydrogens is 361 g/mol. The zero-order valence-corrected chi connectivity index (χ0v) is 12.8. The summed E-state index contributed by atoms with van der Waals surface area (Å²) in [4.78, 5) is 0. The van der Waals surface area contributed by atoms with Gasteiger partial charge in [-0.2, -0.15) is 0 Å². The van der Waals surface area contributed by atoms with Crippen molar-refractivity contribution in [3.8, 4) is 0 Å². The molecule has 5 heteroatoms. The van der Waals surface area contributed by atoms with Gasteiger partial charge >= 0.3 is 0 Å². The maximum Gasteiger partial charge on any atom is 0.123 e. The van der Waals surface area contributed by atoms with Gasteiger partial charge in [0.25, 0.3) is 0 Å². The molecule has 94 valence electrons. The molecule has 1 atom stereocenters. The molecule has 2 aromatic rings. The van der Waals surface area contributed by atoms with Gasteiger partial charge in [0.15, 0.2) is 0 Å². The van der Waals surface area contributed by atoms with E-state index in [1.807, 2.05) is 0 Å². The topological polar surface area (TPSA) is 0 Å². The average Bonchev–Trinajstić information content (AvgIpc) is 2.31. The summed E-state index contributed by atoms with van der Waals surface area (Å²) in [6.45, 7) is 0. The summed E-state index contributed by atoms with van der Waals surface area (Å²) in [6.07, 6.45) is 0. The molecule has 0 aliphatic heterocycles. The van der Waals surface area contributed by atoms with Gasteiger partial charge in [-0.15, -0.1) is 11.6 Å². The van der Waals surface area contributed by atoms with Crippen molar-refractivity contribution in [1.82, 2.24) is 0 Å². The fraction of sp³-hybridized carbons (Fsp3) is 0.0769. The third-order valence-electron chi connectivity index (χ3n) is 2.47. The van der Waals surface area contributed by atoms with Gasteiger partial charge in [0, 0.05) is 14.5 Å². The zero-order chi connectivity index (χ0) is 13.3. The van der Waals surface area contributed by atoms with E-state index in [1.54, 1.807) is 24.3 Å². The molecule has 2 aromatic carbocycles. The van der Waals surface area contributed by atoms with Crippen LogP contribution >= 0.6 is 50.7 Å². The second kappa shape index (κ2) is 5.79. The van der Waals surface area contributed by atoms with Crippen LogP contribution in [0.3, 0.4) is 0 Å². The molecule has 0 aromatic heterocycles. The molecule has 0 heterocycles. The van der Waals surface area contributed by atoms with Crippen LogP contribution < -0.4 is 0 Å². The molecule has 0 aliphatic carbocycles. The van der Waals surface area contributed by atoms with Crippen LogP contribution in [-0.2, 0) is 0 Å². The van der Waals surface area contributed by atoms with E-state index in [0.717, 1.165) is 4.47 Å². The SMILES string of the molecule is Fc1ccc(Br)c(C(Cl)c2ccc(Cl)cc2Cl)c1. The molecule has 1 unspecified atom stereocenters. The predicted octanol–water partition coefficient (Wildman–Crippen LogP) is 6.22. The van der Waals surface area contributed by atoms with E-state index < -0.39 is 5.38 Å². The first-order chi connectivity index (χ1) is 8.49. The van der Waals surface area contributed by atoms with E-state index in [0.29, 0.717) is 21.2 Å². The van der Waals surface area contributed by atoms with E-state index in [2.05, 4.69) is 15.9 Å². The first kappa shape index (κ1) is 14.1. The van der Waals surface area contributed by atoms with Crippen LogP contribution in [-0.4, -0.2) is 0 Å². The Bertz CT molecular complexity index is 586. The highest BCUT2D eigenvalue weighted by molar-refractivity contribution is 9.10. The van der Waals surface area contributed by atoms with Gasteiger partial charge in [0.2, 0.25) is 0 Å². The average molecular weight is 368 g/mol. The number of benzene rings is 2. The van der Waals surface area contributed by atoms with Crippen LogP contribution in [0.2, 0.25) is 10.0 Å². The minimum Gasteiger partial charge on any atom is -0.207 e. The molecule has 0 spiro atoms. The summed E-state index contributed by atoms with van der Waals surface area (Å²) in [5.74, 6) is -0.344. The highest BCUT2D eigenvalue weighted by Gasteiger charge is 2.17. The van der Waals surface area contributed by atoms with E-state index >= 15 is 0 Å². The Labute approximate surface area is 128 Å². The minimum atomic E-state index is -0.542. The Kier molecular flexibility index (Phi) is 4.54. The Morgan fingerprint density at radius 2 is 1.72 bits per heavy atom. The maximum absolute atomic E-state index is 13.3. The third-order valence-corrected chi connectivity index (χ3v) is 4.22. The molecule has 0 amide bonds. The minimum absolute atomic E-state index is 0.344. The standard InChI is InChI=1S/C13H7BrCl3F/c14-11-4-2-8(18)6-10(11)13(17)9-3-1-7(15)5-12(9)16/h1-6,13H. The number of halogens is 5. The molecule has 0 aliphatic rings. The van der Waals surface area contributed by atoms with Crippen LogP contribution in [0.1, 0.15) is 16.5 Å². The van der Waals surface area contributed by atoms with Gasteiger partial charge in [0.05, 0.1) is 5.38 Å². The molecule has 18 heavy (non-hydrogen) atoms. The summed E-state index contributed by atoms with van der Waals surface area (Å²) in [7, 11) is 0. The molecule has 0 saturated carbocycles. The Morgan fingerprint density at radius 3 is 2.39 bits per heavy atom. The molecule has 0 fully saturated rings. The van der Waals surface area contributed by atoms with Gasteiger partial charge in [-0.05, 0) is 41.5 Å². The van der Waals surface area contributed by atoms with Crippen molar-refractivity contribution < 1.29 is 4.39 Å². The van der Waals surface area contributed by atoms with Crippen LogP contribution in [0, 0.1) is 5.82 Å². The Morgan fingerprint density at radius 1 is 1.00 bits per heavy atom. The largest absolute Gasteiger partial charge is 0.207 e. The highest BCUT2D eigenvalue weighted by Crippen LogP contribution is 2.38. The number of rotatable bonds is 2. The van der Waals surface area contributed by atoms with Gasteiger partial charge in [-0.25, -0.2) is 4.39 Å². The number of hydrogen-bond donors (Lipinski definition) is 0. The molecule has 0 N–H and O–H groups in total. The Balaban J connectivity index is 2.47. The van der Waals surface area contributed by atoms with Crippen LogP contribution in [0.25, 0.3) is 0 Å². The van der Waals surface area contributed by atoms with Crippen molar-refractivity contribution in [3.05, 3.63) is 67.9 Å². The van der Waals surface area contributed by atoms with Crippen molar-refractivity contribution in [2.75, 3.05) is 0 Å². The first-order valence-electron chi connectivity index (χ1n) is 5.03. The second-order valence-electron chi connectivity index (χ2n) is 3.69. The van der Waals surface area contributed by atoms with Crippen LogP contribution in [0.4, 0.5) is 4.39 Å². The number of alkyl halides is 1. The summed E-state index contributed by atoms with van der Waals surface area (Å²) in [6, 6.07) is 9.41. The quantitative estimate of drug-likeness (QED) is 0.552. The highest BCUT2D eigenvalue weighted by atomic mass is 79.9. The van der Waals surface area contributed by atoms with Crippen molar-refractivity contribution in [3.63, 3.8) is 0 Å². The molecule has 2 rings (SSSR count). The van der Waals surface area contributed by atoms with E-state index in [4.69, 9.17) is 34.8 Å². The summed E-state index contributed by atoms with van der Waals surface area (Å²) < 4.78 is 14.0. The van der Waals surface area contributed by atoms with Gasteiger partial charge in [0.1, 0.15) is 5.82 Å². The van der Waals surface area contributed by atoms with Gasteiger partial charge in [-0.3, -0.25) is 0 Å². The smallest absolute Gasteiger partial charge is 0.123 e. The fourth-order valence-corrected chi connectivity index (χ4v) is 3.14. The second-order valence-corrected chi connectivity index (χ2v) is 5.83. The van der Waals surface area contributed by atoms with E-state index in [1.165, 1.54) is 12.1 Å². The summed E-state index contributed by atoms with van der Waals surface area (Å²) in [5, 5.41) is 0.449. The van der Waals surface area contributed by atoms with Crippen molar-refractivity contribution in [2.45, 2.75) is 5.38 Å². The lowest BCUT2D eigenvalue weighted by atomic mass is 10.0. The van der Waals surface area contributed by atoms with Crippen molar-refractivity contribution in [1.29, 1.82) is 0 Å². The van der Waals surface area contributed by atoms with Gasteiger partial charge < -0.3 is 0 Å². The van der Waals surface area contributed by atoms with Gasteiger partial charge in [-0.1, -0.05) is 45.2 Å². The predicted molar refractivity (Wildman–Crippen MR) is 78.3 cm³/mol. The molecule has 0 bridgehead atoms. The monoisotopic (exact) mass is 366 g/mol. The molecule has 0 saturated heterocycles. The van der Waals surface area contributed by atoms with Crippen LogP contribution in [0.5, 0.6) is 0 Å². The third kappa shape index (κ3) is 3.00. The summed E-state index contributed by atoms with van der Waals surface area (Å²) in [5.41, 5.74) is 1.31. The lowest BCUT2D eigenvalue weighted by Crippen LogP contribution is -1.96. The first-order valence-corrected chi connectivity index (χ1v) is 7.01. The summed E-state index contributed by atoms with van der Waals surface area (Å²) >= 11 is 21.6. The molecule has 0 radical (unpaired) electrons. The maximum atomic E-state index is 13.3. The Hall–Kier alpha value is -0.280. The van der Waals surface area contributed by atoms with E-state index in [-0.39, 0.29) is 5.82 Å².